The molecule has 0 spiro atoms. The zero-order valence-corrected chi connectivity index (χ0v) is 12.4. The van der Waals surface area contributed by atoms with Gasteiger partial charge in [-0.15, -0.1) is 0 Å². The maximum atomic E-state index is 12.3. The lowest BCUT2D eigenvalue weighted by Crippen LogP contribution is -2.40. The molecule has 2 unspecified atom stereocenters. The number of carbonyl (C=O) groups excluding carboxylic acids is 2. The van der Waals surface area contributed by atoms with Gasteiger partial charge >= 0.3 is 0 Å². The average molecular weight is 266 g/mol. The predicted molar refractivity (Wildman–Crippen MR) is 74.5 cm³/mol. The van der Waals surface area contributed by atoms with Crippen molar-refractivity contribution < 1.29 is 9.59 Å². The van der Waals surface area contributed by atoms with Crippen molar-refractivity contribution in [2.45, 2.75) is 40.0 Å². The number of piperidine rings is 1. The van der Waals surface area contributed by atoms with Gasteiger partial charge in [-0.1, -0.05) is 6.92 Å². The number of rotatable bonds is 4. The summed E-state index contributed by atoms with van der Waals surface area (Å²) < 4.78 is 0. The summed E-state index contributed by atoms with van der Waals surface area (Å²) in [6, 6.07) is 0. The predicted octanol–water partition coefficient (Wildman–Crippen LogP) is 1.75. The highest BCUT2D eigenvalue weighted by Crippen LogP contribution is 2.41. The first-order valence-corrected chi connectivity index (χ1v) is 7.66. The van der Waals surface area contributed by atoms with Crippen LogP contribution in [0.2, 0.25) is 0 Å². The fraction of sp³-hybridized carbons (Fsp3) is 0.867. The fourth-order valence-electron chi connectivity index (χ4n) is 2.97. The van der Waals surface area contributed by atoms with Crippen LogP contribution in [0.25, 0.3) is 0 Å². The zero-order chi connectivity index (χ0) is 14.0. The molecule has 0 N–H and O–H groups in total. The SMILES string of the molecule is CCN(CC)C(=O)C1CC1C(=O)N1CCC(C)CC1. The fourth-order valence-corrected chi connectivity index (χ4v) is 2.97. The number of hydrogen-bond donors (Lipinski definition) is 0. The largest absolute Gasteiger partial charge is 0.343 e. The molecule has 4 heteroatoms. The maximum Gasteiger partial charge on any atom is 0.226 e. The molecule has 1 aliphatic carbocycles. The van der Waals surface area contributed by atoms with Crippen LogP contribution in [-0.2, 0) is 9.59 Å². The lowest BCUT2D eigenvalue weighted by atomic mass is 9.99. The highest BCUT2D eigenvalue weighted by molar-refractivity contribution is 5.92. The minimum absolute atomic E-state index is 0.0264. The molecule has 2 aliphatic rings. The van der Waals surface area contributed by atoms with Gasteiger partial charge in [0.1, 0.15) is 0 Å². The quantitative estimate of drug-likeness (QED) is 0.778. The summed E-state index contributed by atoms with van der Waals surface area (Å²) in [7, 11) is 0. The minimum Gasteiger partial charge on any atom is -0.343 e. The van der Waals surface area contributed by atoms with Gasteiger partial charge in [-0.2, -0.15) is 0 Å². The number of likely N-dealkylation sites (tertiary alicyclic amines) is 1. The standard InChI is InChI=1S/C15H26N2O2/c1-4-16(5-2)14(18)12-10-13(12)15(19)17-8-6-11(3)7-9-17/h11-13H,4-10H2,1-3H3. The smallest absolute Gasteiger partial charge is 0.226 e. The van der Waals surface area contributed by atoms with Gasteiger partial charge in [-0.3, -0.25) is 9.59 Å². The molecule has 0 aromatic rings. The van der Waals surface area contributed by atoms with Crippen LogP contribution < -0.4 is 0 Å². The molecule has 0 bridgehead atoms. The van der Waals surface area contributed by atoms with Crippen molar-refractivity contribution in [1.29, 1.82) is 0 Å². The first-order valence-electron chi connectivity index (χ1n) is 7.66. The Hall–Kier alpha value is -1.06. The van der Waals surface area contributed by atoms with Crippen LogP contribution in [0.5, 0.6) is 0 Å². The summed E-state index contributed by atoms with van der Waals surface area (Å²) in [5.41, 5.74) is 0. The Bertz CT molecular complexity index is 344. The van der Waals surface area contributed by atoms with Gasteiger partial charge in [0.05, 0.1) is 11.8 Å². The monoisotopic (exact) mass is 266 g/mol. The average Bonchev–Trinajstić information content (AvgIpc) is 3.20. The van der Waals surface area contributed by atoms with Gasteiger partial charge in [-0.05, 0) is 39.0 Å². The maximum absolute atomic E-state index is 12.3. The molecule has 1 saturated heterocycles. The van der Waals surface area contributed by atoms with E-state index in [-0.39, 0.29) is 23.7 Å². The van der Waals surface area contributed by atoms with E-state index in [9.17, 15) is 9.59 Å². The molecule has 2 amide bonds. The van der Waals surface area contributed by atoms with Gasteiger partial charge in [-0.25, -0.2) is 0 Å². The Morgan fingerprint density at radius 1 is 1.11 bits per heavy atom. The minimum atomic E-state index is -0.0354. The molecule has 0 radical (unpaired) electrons. The van der Waals surface area contributed by atoms with E-state index in [1.807, 2.05) is 23.6 Å². The molecule has 4 nitrogen and oxygen atoms in total. The molecule has 1 aliphatic heterocycles. The normalized spacial score (nSPS) is 27.2. The van der Waals surface area contributed by atoms with Crippen molar-refractivity contribution in [3.63, 3.8) is 0 Å². The summed E-state index contributed by atoms with van der Waals surface area (Å²) in [5, 5.41) is 0. The van der Waals surface area contributed by atoms with Gasteiger partial charge in [0.25, 0.3) is 0 Å². The summed E-state index contributed by atoms with van der Waals surface area (Å²) in [5.74, 6) is 1.07. The molecule has 2 fully saturated rings. The van der Waals surface area contributed by atoms with Gasteiger partial charge in [0.2, 0.25) is 11.8 Å². The van der Waals surface area contributed by atoms with Crippen LogP contribution >= 0.6 is 0 Å². The second-order valence-electron chi connectivity index (χ2n) is 5.97. The van der Waals surface area contributed by atoms with E-state index in [1.165, 1.54) is 0 Å². The Labute approximate surface area is 116 Å². The highest BCUT2D eigenvalue weighted by atomic mass is 16.2. The second kappa shape index (κ2) is 5.93. The van der Waals surface area contributed by atoms with Crippen molar-refractivity contribution in [3.05, 3.63) is 0 Å². The molecule has 0 aromatic heterocycles. The third kappa shape index (κ3) is 3.10. The Morgan fingerprint density at radius 3 is 2.21 bits per heavy atom. The molecule has 108 valence electrons. The van der Waals surface area contributed by atoms with Gasteiger partial charge < -0.3 is 9.80 Å². The van der Waals surface area contributed by atoms with Crippen molar-refractivity contribution in [2.75, 3.05) is 26.2 Å². The number of carbonyl (C=O) groups is 2. The van der Waals surface area contributed by atoms with E-state index in [4.69, 9.17) is 0 Å². The van der Waals surface area contributed by atoms with Crippen LogP contribution in [0, 0.1) is 17.8 Å². The molecule has 1 heterocycles. The first-order chi connectivity index (χ1) is 9.08. The second-order valence-corrected chi connectivity index (χ2v) is 5.97. The molecule has 2 rings (SSSR count). The van der Waals surface area contributed by atoms with E-state index in [1.54, 1.807) is 0 Å². The molecule has 19 heavy (non-hydrogen) atoms. The van der Waals surface area contributed by atoms with Crippen molar-refractivity contribution in [3.8, 4) is 0 Å². The van der Waals surface area contributed by atoms with Crippen LogP contribution in [0.4, 0.5) is 0 Å². The van der Waals surface area contributed by atoms with Crippen molar-refractivity contribution in [2.24, 2.45) is 17.8 Å². The summed E-state index contributed by atoms with van der Waals surface area (Å²) in [4.78, 5) is 28.3. The van der Waals surface area contributed by atoms with Crippen LogP contribution in [0.3, 0.4) is 0 Å². The summed E-state index contributed by atoms with van der Waals surface area (Å²) in [6.07, 6.45) is 2.97. The summed E-state index contributed by atoms with van der Waals surface area (Å²) >= 11 is 0. The third-order valence-corrected chi connectivity index (χ3v) is 4.60. The number of nitrogens with zero attached hydrogens (tertiary/aromatic N) is 2. The van der Waals surface area contributed by atoms with E-state index in [0.717, 1.165) is 51.4 Å². The van der Waals surface area contributed by atoms with E-state index >= 15 is 0 Å². The lowest BCUT2D eigenvalue weighted by molar-refractivity contribution is -0.138. The van der Waals surface area contributed by atoms with E-state index in [2.05, 4.69) is 6.92 Å². The number of hydrogen-bond acceptors (Lipinski definition) is 2. The van der Waals surface area contributed by atoms with Gasteiger partial charge in [0.15, 0.2) is 0 Å². The highest BCUT2D eigenvalue weighted by Gasteiger charge is 2.50. The molecular weight excluding hydrogens is 240 g/mol. The Kier molecular flexibility index (Phi) is 4.48. The molecule has 2 atom stereocenters. The molecule has 0 aromatic carbocycles. The molecule has 1 saturated carbocycles. The van der Waals surface area contributed by atoms with Crippen LogP contribution in [0.15, 0.2) is 0 Å². The van der Waals surface area contributed by atoms with Gasteiger partial charge in [0, 0.05) is 26.2 Å². The first kappa shape index (κ1) is 14.4. The van der Waals surface area contributed by atoms with E-state index < -0.39 is 0 Å². The van der Waals surface area contributed by atoms with Crippen molar-refractivity contribution in [1.82, 2.24) is 9.80 Å². The summed E-state index contributed by atoms with van der Waals surface area (Å²) in [6.45, 7) is 9.47. The Morgan fingerprint density at radius 2 is 1.68 bits per heavy atom. The lowest BCUT2D eigenvalue weighted by Gasteiger charge is -2.30. The Balaban J connectivity index is 1.85. The van der Waals surface area contributed by atoms with Crippen LogP contribution in [0.1, 0.15) is 40.0 Å². The third-order valence-electron chi connectivity index (χ3n) is 4.60. The molecular formula is C15H26N2O2. The topological polar surface area (TPSA) is 40.6 Å². The van der Waals surface area contributed by atoms with Crippen molar-refractivity contribution >= 4 is 11.8 Å². The zero-order valence-electron chi connectivity index (χ0n) is 12.4. The van der Waals surface area contributed by atoms with Crippen LogP contribution in [-0.4, -0.2) is 47.8 Å². The van der Waals surface area contributed by atoms with E-state index in [0.29, 0.717) is 0 Å². The number of amides is 2.